The van der Waals surface area contributed by atoms with Crippen molar-refractivity contribution in [3.8, 4) is 0 Å². The topological polar surface area (TPSA) is 67.4 Å². The Labute approximate surface area is 221 Å². The number of unbranched alkanes of at least 4 members (excludes halogenated alkanes) is 11. The lowest BCUT2D eigenvalue weighted by Crippen LogP contribution is -2.35. The molecule has 218 valence electrons. The molecular weight excluding hydrogens is 514 g/mol. The Hall–Kier alpha value is -2.46. The average molecular weight is 555 g/mol. The van der Waals surface area contributed by atoms with Crippen LogP contribution in [0.5, 0.6) is 0 Å². The van der Waals surface area contributed by atoms with Crippen LogP contribution in [0, 0.1) is 0 Å². The van der Waals surface area contributed by atoms with Gasteiger partial charge in [0.05, 0.1) is 17.7 Å². The number of esters is 1. The monoisotopic (exact) mass is 554 g/mol. The second-order valence-electron chi connectivity index (χ2n) is 9.28. The third kappa shape index (κ3) is 15.1. The van der Waals surface area contributed by atoms with E-state index < -0.39 is 29.5 Å². The van der Waals surface area contributed by atoms with Gasteiger partial charge in [0.15, 0.2) is 0 Å². The maximum absolute atomic E-state index is 13.0. The molecule has 0 fully saturated rings. The van der Waals surface area contributed by atoms with E-state index in [1.165, 1.54) is 25.7 Å². The number of hydrogen-bond acceptors (Lipinski definition) is 3. The first kappa shape index (κ1) is 33.6. The summed E-state index contributed by atoms with van der Waals surface area (Å²) in [4.78, 5) is 23.1. The highest BCUT2D eigenvalue weighted by Gasteiger charge is 2.43. The van der Waals surface area contributed by atoms with Gasteiger partial charge in [0, 0.05) is 19.5 Å². The third-order valence-corrected chi connectivity index (χ3v) is 6.05. The fourth-order valence-corrected chi connectivity index (χ4v) is 4.03. The van der Waals surface area contributed by atoms with Gasteiger partial charge in [-0.15, -0.1) is 0 Å². The zero-order valence-electron chi connectivity index (χ0n) is 22.0. The van der Waals surface area contributed by atoms with Crippen LogP contribution in [-0.4, -0.2) is 25.2 Å². The average Bonchev–Trinajstić information content (AvgIpc) is 2.84. The van der Waals surface area contributed by atoms with E-state index in [2.05, 4.69) is 10.6 Å². The number of carbonyl (C=O) groups excluding carboxylic acids is 2. The lowest BCUT2D eigenvalue weighted by atomic mass is 10.0. The summed E-state index contributed by atoms with van der Waals surface area (Å²) in [5.74, 6) is -0.116. The van der Waals surface area contributed by atoms with Crippen LogP contribution in [0.15, 0.2) is 18.2 Å². The van der Waals surface area contributed by atoms with Gasteiger partial charge in [-0.2, -0.15) is 26.3 Å². The van der Waals surface area contributed by atoms with Crippen molar-refractivity contribution in [2.24, 2.45) is 0 Å². The molecule has 0 aromatic heterocycles. The lowest BCUT2D eigenvalue weighted by molar-refractivity contribution is -0.162. The zero-order valence-corrected chi connectivity index (χ0v) is 22.0. The Morgan fingerprint density at radius 3 is 1.71 bits per heavy atom. The number of halogens is 6. The van der Waals surface area contributed by atoms with Gasteiger partial charge in [0.2, 0.25) is 0 Å². The largest absolute Gasteiger partial charge is 0.466 e. The molecule has 0 saturated heterocycles. The molecule has 0 spiro atoms. The van der Waals surface area contributed by atoms with Crippen molar-refractivity contribution >= 4 is 12.0 Å². The second-order valence-corrected chi connectivity index (χ2v) is 9.28. The van der Waals surface area contributed by atoms with E-state index >= 15 is 0 Å². The van der Waals surface area contributed by atoms with Crippen LogP contribution in [0.2, 0.25) is 0 Å². The van der Waals surface area contributed by atoms with E-state index in [9.17, 15) is 35.9 Å². The molecule has 1 aromatic carbocycles. The van der Waals surface area contributed by atoms with E-state index in [0.717, 1.165) is 57.4 Å². The minimum atomic E-state index is -5.16. The summed E-state index contributed by atoms with van der Waals surface area (Å²) in [5.41, 5.74) is -3.60. The van der Waals surface area contributed by atoms with Crippen molar-refractivity contribution in [3.05, 3.63) is 34.9 Å². The molecule has 2 amide bonds. The minimum Gasteiger partial charge on any atom is -0.466 e. The van der Waals surface area contributed by atoms with Crippen LogP contribution in [0.3, 0.4) is 0 Å². The molecule has 0 radical (unpaired) electrons. The van der Waals surface area contributed by atoms with Gasteiger partial charge in [-0.3, -0.25) is 4.79 Å². The van der Waals surface area contributed by atoms with Gasteiger partial charge >= 0.3 is 24.4 Å². The first-order valence-electron chi connectivity index (χ1n) is 13.4. The molecule has 1 aromatic rings. The maximum Gasteiger partial charge on any atom is 0.417 e. The molecule has 5 nitrogen and oxygen atoms in total. The standard InChI is InChI=1S/C27H40F6N2O3/c1-2-38-24(36)15-13-11-9-7-5-3-4-6-8-10-12-14-18-34-25(37)35-20-21-16-17-22(26(28,29)30)23(19-21)27(31,32)33/h16-17,19H,2-15,18,20H2,1H3,(H2,34,35,37). The molecule has 0 aliphatic heterocycles. The van der Waals surface area contributed by atoms with Crippen molar-refractivity contribution in [2.75, 3.05) is 13.2 Å². The van der Waals surface area contributed by atoms with Gasteiger partial charge in [-0.25, -0.2) is 4.79 Å². The predicted octanol–water partition coefficient (Wildman–Crippen LogP) is 8.16. The van der Waals surface area contributed by atoms with Crippen molar-refractivity contribution in [3.63, 3.8) is 0 Å². The number of urea groups is 1. The third-order valence-electron chi connectivity index (χ3n) is 6.05. The van der Waals surface area contributed by atoms with Gasteiger partial charge in [-0.05, 0) is 37.5 Å². The Morgan fingerprint density at radius 2 is 1.21 bits per heavy atom. The fraction of sp³-hybridized carbons (Fsp3) is 0.704. The van der Waals surface area contributed by atoms with Crippen LogP contribution in [0.25, 0.3) is 0 Å². The number of nitrogens with one attached hydrogen (secondary N) is 2. The molecule has 11 heteroatoms. The highest BCUT2D eigenvalue weighted by Crippen LogP contribution is 2.40. The van der Waals surface area contributed by atoms with E-state index in [0.29, 0.717) is 31.7 Å². The molecule has 0 unspecified atom stereocenters. The molecule has 0 atom stereocenters. The molecule has 0 aliphatic carbocycles. The van der Waals surface area contributed by atoms with Gasteiger partial charge in [0.25, 0.3) is 0 Å². The van der Waals surface area contributed by atoms with E-state index in [-0.39, 0.29) is 18.1 Å². The Bertz CT molecular complexity index is 828. The molecule has 0 bridgehead atoms. The highest BCUT2D eigenvalue weighted by atomic mass is 19.4. The Kier molecular flexibility index (Phi) is 15.8. The molecule has 2 N–H and O–H groups in total. The smallest absolute Gasteiger partial charge is 0.417 e. The fourth-order valence-electron chi connectivity index (χ4n) is 4.03. The number of rotatable bonds is 18. The summed E-state index contributed by atoms with van der Waals surface area (Å²) in [5, 5.41) is 4.98. The number of amides is 2. The molecule has 0 aliphatic rings. The van der Waals surface area contributed by atoms with Crippen LogP contribution < -0.4 is 10.6 Å². The summed E-state index contributed by atoms with van der Waals surface area (Å²) < 4.78 is 82.4. The number of hydrogen-bond donors (Lipinski definition) is 2. The SMILES string of the molecule is CCOC(=O)CCCCCCCCCCCCCCNC(=O)NCc1ccc(C(F)(F)F)c(C(F)(F)F)c1. The quantitative estimate of drug-likeness (QED) is 0.109. The maximum atomic E-state index is 13.0. The number of carbonyl (C=O) groups is 2. The molecule has 1 rings (SSSR count). The summed E-state index contributed by atoms with van der Waals surface area (Å²) >= 11 is 0. The van der Waals surface area contributed by atoms with Crippen LogP contribution in [-0.2, 0) is 28.4 Å². The lowest BCUT2D eigenvalue weighted by Gasteiger charge is -2.17. The summed E-state index contributed by atoms with van der Waals surface area (Å²) in [6.45, 7) is 2.33. The summed E-state index contributed by atoms with van der Waals surface area (Å²) in [7, 11) is 0. The first-order valence-corrected chi connectivity index (χ1v) is 13.4. The number of ether oxygens (including phenoxy) is 1. The molecular formula is C27H40F6N2O3. The van der Waals surface area contributed by atoms with Gasteiger partial charge < -0.3 is 15.4 Å². The van der Waals surface area contributed by atoms with Crippen molar-refractivity contribution in [1.82, 2.24) is 10.6 Å². The molecule has 0 saturated carbocycles. The van der Waals surface area contributed by atoms with E-state index in [1.807, 2.05) is 0 Å². The predicted molar refractivity (Wildman–Crippen MR) is 133 cm³/mol. The Morgan fingerprint density at radius 1 is 0.711 bits per heavy atom. The normalized spacial score (nSPS) is 11.9. The van der Waals surface area contributed by atoms with Crippen LogP contribution in [0.4, 0.5) is 31.1 Å². The molecule has 38 heavy (non-hydrogen) atoms. The first-order chi connectivity index (χ1) is 17.9. The van der Waals surface area contributed by atoms with E-state index in [1.54, 1.807) is 6.92 Å². The van der Waals surface area contributed by atoms with Crippen molar-refractivity contribution in [1.29, 1.82) is 0 Å². The van der Waals surface area contributed by atoms with E-state index in [4.69, 9.17) is 4.74 Å². The minimum absolute atomic E-state index is 0.0746. The Balaban J connectivity index is 2.05. The number of alkyl halides is 6. The van der Waals surface area contributed by atoms with Gasteiger partial charge in [-0.1, -0.05) is 70.3 Å². The van der Waals surface area contributed by atoms with Crippen molar-refractivity contribution < 1.29 is 40.7 Å². The summed E-state index contributed by atoms with van der Waals surface area (Å²) in [6, 6.07) is 1.14. The zero-order chi connectivity index (χ0) is 28.4. The molecule has 0 heterocycles. The van der Waals surface area contributed by atoms with Crippen molar-refractivity contribution in [2.45, 2.75) is 109 Å². The highest BCUT2D eigenvalue weighted by molar-refractivity contribution is 5.73. The van der Waals surface area contributed by atoms with Gasteiger partial charge in [0.1, 0.15) is 0 Å². The van der Waals surface area contributed by atoms with Crippen LogP contribution in [0.1, 0.15) is 107 Å². The summed E-state index contributed by atoms with van der Waals surface area (Å²) in [6.07, 6.45) is 3.07. The number of benzene rings is 1. The van der Waals surface area contributed by atoms with Crippen LogP contribution >= 0.6 is 0 Å². The second kappa shape index (κ2) is 17.9.